The van der Waals surface area contributed by atoms with Gasteiger partial charge in [0.2, 0.25) is 0 Å². The molecule has 0 aliphatic carbocycles. The molecule has 0 radical (unpaired) electrons. The number of aryl methyl sites for hydroxylation is 2. The quantitative estimate of drug-likeness (QED) is 0.697. The summed E-state index contributed by atoms with van der Waals surface area (Å²) in [4.78, 5) is 0. The van der Waals surface area contributed by atoms with Crippen LogP contribution in [0.15, 0.2) is 4.52 Å². The molecule has 0 bridgehead atoms. The van der Waals surface area contributed by atoms with E-state index in [1.807, 2.05) is 0 Å². The lowest BCUT2D eigenvalue weighted by Crippen LogP contribution is -1.92. The minimum atomic E-state index is 1.03. The van der Waals surface area contributed by atoms with Gasteiger partial charge in [0.15, 0.2) is 0 Å². The molecule has 1 rings (SSSR count). The number of hydrogen-bond donors (Lipinski definition) is 0. The van der Waals surface area contributed by atoms with Gasteiger partial charge in [0, 0.05) is 12.0 Å². The second-order valence-electron chi connectivity index (χ2n) is 3.38. The second kappa shape index (κ2) is 5.05. The van der Waals surface area contributed by atoms with Gasteiger partial charge in [-0.15, -0.1) is 0 Å². The summed E-state index contributed by atoms with van der Waals surface area (Å²) in [5, 5.41) is 4.12. The van der Waals surface area contributed by atoms with Gasteiger partial charge < -0.3 is 4.52 Å². The highest BCUT2D eigenvalue weighted by Crippen LogP contribution is 2.17. The summed E-state index contributed by atoms with van der Waals surface area (Å²) in [6, 6.07) is 0. The van der Waals surface area contributed by atoms with Gasteiger partial charge in [-0.05, 0) is 19.3 Å². The molecule has 0 aromatic carbocycles. The van der Waals surface area contributed by atoms with E-state index >= 15 is 0 Å². The van der Waals surface area contributed by atoms with Crippen molar-refractivity contribution in [2.75, 3.05) is 0 Å². The van der Waals surface area contributed by atoms with Crippen molar-refractivity contribution in [1.82, 2.24) is 5.16 Å². The molecular formula is C11H19NO. The third-order valence-electron chi connectivity index (χ3n) is 2.27. The van der Waals surface area contributed by atoms with Crippen LogP contribution in [-0.4, -0.2) is 5.16 Å². The maximum Gasteiger partial charge on any atom is 0.140 e. The van der Waals surface area contributed by atoms with Crippen molar-refractivity contribution in [3.8, 4) is 0 Å². The third kappa shape index (κ3) is 2.33. The number of rotatable bonds is 5. The van der Waals surface area contributed by atoms with E-state index in [0.29, 0.717) is 0 Å². The number of hydrogen-bond acceptors (Lipinski definition) is 2. The largest absolute Gasteiger partial charge is 0.361 e. The highest BCUT2D eigenvalue weighted by molar-refractivity contribution is 5.23. The van der Waals surface area contributed by atoms with Crippen LogP contribution in [0.25, 0.3) is 0 Å². The molecule has 2 nitrogen and oxygen atoms in total. The Balaban J connectivity index is 2.82. The van der Waals surface area contributed by atoms with Crippen molar-refractivity contribution in [2.24, 2.45) is 0 Å². The Morgan fingerprint density at radius 1 is 1.08 bits per heavy atom. The lowest BCUT2D eigenvalue weighted by atomic mass is 10.1. The Bertz CT molecular complexity index is 229. The number of aromatic nitrogens is 1. The molecule has 0 fully saturated rings. The molecule has 1 heterocycles. The van der Waals surface area contributed by atoms with Gasteiger partial charge in [0.25, 0.3) is 0 Å². The molecule has 0 spiro atoms. The lowest BCUT2D eigenvalue weighted by Gasteiger charge is -1.97. The zero-order chi connectivity index (χ0) is 9.68. The van der Waals surface area contributed by atoms with Gasteiger partial charge in [-0.3, -0.25) is 0 Å². The van der Waals surface area contributed by atoms with Gasteiger partial charge in [0.1, 0.15) is 5.76 Å². The molecule has 0 aliphatic heterocycles. The first-order valence-corrected chi connectivity index (χ1v) is 5.29. The average molecular weight is 181 g/mol. The Labute approximate surface area is 80.3 Å². The zero-order valence-corrected chi connectivity index (χ0v) is 8.89. The van der Waals surface area contributed by atoms with E-state index < -0.39 is 0 Å². The lowest BCUT2D eigenvalue weighted by molar-refractivity contribution is 0.375. The highest BCUT2D eigenvalue weighted by Gasteiger charge is 2.11. The van der Waals surface area contributed by atoms with Gasteiger partial charge in [-0.1, -0.05) is 32.3 Å². The van der Waals surface area contributed by atoms with Gasteiger partial charge >= 0.3 is 0 Å². The molecule has 1 aromatic heterocycles. The molecule has 13 heavy (non-hydrogen) atoms. The summed E-state index contributed by atoms with van der Waals surface area (Å²) in [5.74, 6) is 1.11. The van der Waals surface area contributed by atoms with Crippen LogP contribution in [0.2, 0.25) is 0 Å². The smallest absolute Gasteiger partial charge is 0.140 e. The Kier molecular flexibility index (Phi) is 4.00. The average Bonchev–Trinajstić information content (AvgIpc) is 2.49. The molecule has 0 atom stereocenters. The molecular weight excluding hydrogens is 162 g/mol. The van der Waals surface area contributed by atoms with Crippen LogP contribution in [0.1, 0.15) is 50.6 Å². The van der Waals surface area contributed by atoms with E-state index in [1.165, 1.54) is 11.3 Å². The Hall–Kier alpha value is -0.790. The van der Waals surface area contributed by atoms with Crippen molar-refractivity contribution in [3.63, 3.8) is 0 Å². The van der Waals surface area contributed by atoms with E-state index in [-0.39, 0.29) is 0 Å². The monoisotopic (exact) mass is 181 g/mol. The van der Waals surface area contributed by atoms with Gasteiger partial charge in [-0.2, -0.15) is 0 Å². The molecule has 0 amide bonds. The Morgan fingerprint density at radius 3 is 2.31 bits per heavy atom. The van der Waals surface area contributed by atoms with Crippen molar-refractivity contribution in [1.29, 1.82) is 0 Å². The molecule has 0 N–H and O–H groups in total. The first kappa shape index (κ1) is 10.3. The van der Waals surface area contributed by atoms with Crippen LogP contribution < -0.4 is 0 Å². The summed E-state index contributed by atoms with van der Waals surface area (Å²) in [6.07, 6.45) is 5.41. The maximum absolute atomic E-state index is 5.33. The minimum Gasteiger partial charge on any atom is -0.361 e. The molecule has 0 aliphatic rings. The van der Waals surface area contributed by atoms with Crippen LogP contribution in [0.3, 0.4) is 0 Å². The molecule has 2 heteroatoms. The van der Waals surface area contributed by atoms with Crippen LogP contribution in [0, 0.1) is 0 Å². The molecule has 0 saturated heterocycles. The fourth-order valence-electron chi connectivity index (χ4n) is 1.64. The van der Waals surface area contributed by atoms with Gasteiger partial charge in [-0.25, -0.2) is 0 Å². The third-order valence-corrected chi connectivity index (χ3v) is 2.27. The maximum atomic E-state index is 5.33. The predicted molar refractivity (Wildman–Crippen MR) is 53.9 cm³/mol. The van der Waals surface area contributed by atoms with E-state index in [9.17, 15) is 0 Å². The van der Waals surface area contributed by atoms with Crippen LogP contribution in [0.4, 0.5) is 0 Å². The highest BCUT2D eigenvalue weighted by atomic mass is 16.5. The van der Waals surface area contributed by atoms with Crippen molar-refractivity contribution in [2.45, 2.75) is 52.9 Å². The SMILES string of the molecule is CCCc1noc(CCC)c1CC. The fourth-order valence-corrected chi connectivity index (χ4v) is 1.64. The van der Waals surface area contributed by atoms with Crippen LogP contribution >= 0.6 is 0 Å². The normalized spacial score (nSPS) is 10.7. The first-order chi connectivity index (χ1) is 6.33. The molecule has 1 aromatic rings. The topological polar surface area (TPSA) is 26.0 Å². The van der Waals surface area contributed by atoms with E-state index in [4.69, 9.17) is 4.52 Å². The zero-order valence-electron chi connectivity index (χ0n) is 8.89. The predicted octanol–water partition coefficient (Wildman–Crippen LogP) is 3.14. The van der Waals surface area contributed by atoms with Crippen molar-refractivity contribution >= 4 is 0 Å². The van der Waals surface area contributed by atoms with Crippen molar-refractivity contribution < 1.29 is 4.52 Å². The van der Waals surface area contributed by atoms with E-state index in [1.54, 1.807) is 0 Å². The summed E-state index contributed by atoms with van der Waals surface area (Å²) in [7, 11) is 0. The molecule has 0 saturated carbocycles. The summed E-state index contributed by atoms with van der Waals surface area (Å²) in [5.41, 5.74) is 2.53. The van der Waals surface area contributed by atoms with Gasteiger partial charge in [0.05, 0.1) is 5.69 Å². The summed E-state index contributed by atoms with van der Waals surface area (Å²) >= 11 is 0. The van der Waals surface area contributed by atoms with Crippen molar-refractivity contribution in [3.05, 3.63) is 17.0 Å². The summed E-state index contributed by atoms with van der Waals surface area (Å²) < 4.78 is 5.33. The van der Waals surface area contributed by atoms with Crippen LogP contribution in [-0.2, 0) is 19.3 Å². The van der Waals surface area contributed by atoms with E-state index in [2.05, 4.69) is 25.9 Å². The molecule has 74 valence electrons. The first-order valence-electron chi connectivity index (χ1n) is 5.29. The standard InChI is InChI=1S/C11H19NO/c1-4-7-10-9(6-3)11(8-5-2)13-12-10/h4-8H2,1-3H3. The van der Waals surface area contributed by atoms with E-state index in [0.717, 1.165) is 37.9 Å². The Morgan fingerprint density at radius 2 is 1.77 bits per heavy atom. The second-order valence-corrected chi connectivity index (χ2v) is 3.38. The van der Waals surface area contributed by atoms with Crippen LogP contribution in [0.5, 0.6) is 0 Å². The summed E-state index contributed by atoms with van der Waals surface area (Å²) in [6.45, 7) is 6.51. The number of nitrogens with zero attached hydrogens (tertiary/aromatic N) is 1. The molecule has 0 unspecified atom stereocenters. The fraction of sp³-hybridized carbons (Fsp3) is 0.727. The minimum absolute atomic E-state index is 1.03.